The van der Waals surface area contributed by atoms with Crippen LogP contribution in [-0.2, 0) is 16.4 Å². The highest BCUT2D eigenvalue weighted by Crippen LogP contribution is 2.23. The highest BCUT2D eigenvalue weighted by Gasteiger charge is 2.17. The molecule has 0 unspecified atom stereocenters. The van der Waals surface area contributed by atoms with Crippen LogP contribution in [0.5, 0.6) is 0 Å². The van der Waals surface area contributed by atoms with Crippen LogP contribution in [0.15, 0.2) is 71.6 Å². The largest absolute Gasteiger partial charge is 0.321 e. The molecular formula is C23H24N2O3S. The molecule has 0 heterocycles. The van der Waals surface area contributed by atoms with Gasteiger partial charge in [0.15, 0.2) is 0 Å². The van der Waals surface area contributed by atoms with Crippen molar-refractivity contribution in [2.45, 2.75) is 32.1 Å². The summed E-state index contributed by atoms with van der Waals surface area (Å²) in [5.74, 6) is -0.346. The number of carbonyl (C=O) groups excluding carboxylic acids is 1. The Bertz CT molecular complexity index is 1150. The summed E-state index contributed by atoms with van der Waals surface area (Å²) in [7, 11) is -3.81. The van der Waals surface area contributed by atoms with Crippen LogP contribution in [-0.4, -0.2) is 14.3 Å². The summed E-state index contributed by atoms with van der Waals surface area (Å²) in [6.45, 7) is 5.84. The maximum atomic E-state index is 12.8. The lowest BCUT2D eigenvalue weighted by atomic mass is 10.1. The predicted molar refractivity (Wildman–Crippen MR) is 117 cm³/mol. The van der Waals surface area contributed by atoms with Gasteiger partial charge in [-0.1, -0.05) is 43.3 Å². The van der Waals surface area contributed by atoms with Crippen LogP contribution < -0.4 is 10.0 Å². The monoisotopic (exact) mass is 408 g/mol. The van der Waals surface area contributed by atoms with Crippen molar-refractivity contribution in [3.63, 3.8) is 0 Å². The van der Waals surface area contributed by atoms with Crippen molar-refractivity contribution in [2.75, 3.05) is 10.0 Å². The number of anilines is 2. The lowest BCUT2D eigenvalue weighted by Crippen LogP contribution is -2.17. The molecule has 0 aliphatic carbocycles. The summed E-state index contributed by atoms with van der Waals surface area (Å²) < 4.78 is 28.1. The van der Waals surface area contributed by atoms with Gasteiger partial charge in [0, 0.05) is 16.9 Å². The first-order valence-corrected chi connectivity index (χ1v) is 10.9. The third kappa shape index (κ3) is 4.84. The molecular weight excluding hydrogens is 384 g/mol. The van der Waals surface area contributed by atoms with Gasteiger partial charge in [-0.3, -0.25) is 9.52 Å². The van der Waals surface area contributed by atoms with Gasteiger partial charge in [-0.2, -0.15) is 0 Å². The van der Waals surface area contributed by atoms with E-state index < -0.39 is 10.0 Å². The number of hydrogen-bond donors (Lipinski definition) is 2. The standard InChI is InChI=1S/C23H24N2O3S/c1-4-18-10-6-9-17(3)22(18)24-23(26)19-11-7-13-21(15-19)29(27,28)25-20-12-5-8-16(2)14-20/h5-15,25H,4H2,1-3H3,(H,24,26). The van der Waals surface area contributed by atoms with Crippen molar-refractivity contribution in [3.8, 4) is 0 Å². The quantitative estimate of drug-likeness (QED) is 0.608. The molecule has 0 fully saturated rings. The molecule has 3 rings (SSSR count). The molecule has 0 aliphatic heterocycles. The first-order chi connectivity index (χ1) is 13.8. The molecule has 3 aromatic rings. The molecule has 5 nitrogen and oxygen atoms in total. The van der Waals surface area contributed by atoms with E-state index in [1.807, 2.05) is 45.0 Å². The first kappa shape index (κ1) is 20.6. The molecule has 0 radical (unpaired) electrons. The Balaban J connectivity index is 1.86. The number of hydrogen-bond acceptors (Lipinski definition) is 3. The highest BCUT2D eigenvalue weighted by molar-refractivity contribution is 7.92. The van der Waals surface area contributed by atoms with E-state index in [9.17, 15) is 13.2 Å². The molecule has 0 saturated heterocycles. The van der Waals surface area contributed by atoms with Gasteiger partial charge in [0.05, 0.1) is 4.90 Å². The Kier molecular flexibility index (Phi) is 6.03. The Hall–Kier alpha value is -3.12. The van der Waals surface area contributed by atoms with Crippen LogP contribution in [0, 0.1) is 13.8 Å². The first-order valence-electron chi connectivity index (χ1n) is 9.39. The van der Waals surface area contributed by atoms with Crippen LogP contribution in [0.1, 0.15) is 34.0 Å². The van der Waals surface area contributed by atoms with Crippen LogP contribution in [0.4, 0.5) is 11.4 Å². The topological polar surface area (TPSA) is 75.3 Å². The van der Waals surface area contributed by atoms with Gasteiger partial charge in [-0.05, 0) is 67.3 Å². The smallest absolute Gasteiger partial charge is 0.261 e. The van der Waals surface area contributed by atoms with Crippen molar-refractivity contribution < 1.29 is 13.2 Å². The van der Waals surface area contributed by atoms with E-state index in [1.54, 1.807) is 30.3 Å². The lowest BCUT2D eigenvalue weighted by Gasteiger charge is -2.14. The predicted octanol–water partition coefficient (Wildman–Crippen LogP) is 4.92. The van der Waals surface area contributed by atoms with Gasteiger partial charge in [0.1, 0.15) is 0 Å². The number of rotatable bonds is 6. The van der Waals surface area contributed by atoms with Crippen LogP contribution in [0.25, 0.3) is 0 Å². The van der Waals surface area contributed by atoms with E-state index in [2.05, 4.69) is 10.0 Å². The van der Waals surface area contributed by atoms with E-state index >= 15 is 0 Å². The molecule has 0 aromatic heterocycles. The molecule has 3 aromatic carbocycles. The minimum Gasteiger partial charge on any atom is -0.321 e. The SMILES string of the molecule is CCc1cccc(C)c1NC(=O)c1cccc(S(=O)(=O)Nc2cccc(C)c2)c1. The van der Waals surface area contributed by atoms with Crippen molar-refractivity contribution in [1.82, 2.24) is 0 Å². The molecule has 29 heavy (non-hydrogen) atoms. The summed E-state index contributed by atoms with van der Waals surface area (Å²) in [6, 6.07) is 19.0. The average molecular weight is 409 g/mol. The fourth-order valence-corrected chi connectivity index (χ4v) is 4.21. The number of nitrogens with one attached hydrogen (secondary N) is 2. The molecule has 1 amide bonds. The zero-order valence-electron chi connectivity index (χ0n) is 16.7. The van der Waals surface area contributed by atoms with Crippen molar-refractivity contribution in [2.24, 2.45) is 0 Å². The molecule has 2 N–H and O–H groups in total. The Morgan fingerprint density at radius 3 is 2.38 bits per heavy atom. The Morgan fingerprint density at radius 2 is 1.66 bits per heavy atom. The summed E-state index contributed by atoms with van der Waals surface area (Å²) in [4.78, 5) is 12.8. The molecule has 150 valence electrons. The highest BCUT2D eigenvalue weighted by atomic mass is 32.2. The number of para-hydroxylation sites is 1. The van der Waals surface area contributed by atoms with Crippen LogP contribution >= 0.6 is 0 Å². The van der Waals surface area contributed by atoms with Crippen molar-refractivity contribution in [3.05, 3.63) is 89.0 Å². The zero-order chi connectivity index (χ0) is 21.0. The van der Waals surface area contributed by atoms with Gasteiger partial charge < -0.3 is 5.32 Å². The minimum atomic E-state index is -3.81. The van der Waals surface area contributed by atoms with E-state index in [0.717, 1.165) is 28.8 Å². The van der Waals surface area contributed by atoms with Gasteiger partial charge in [-0.15, -0.1) is 0 Å². The zero-order valence-corrected chi connectivity index (χ0v) is 17.5. The minimum absolute atomic E-state index is 0.0344. The summed E-state index contributed by atoms with van der Waals surface area (Å²) in [5.41, 5.74) is 4.47. The number of carbonyl (C=O) groups is 1. The van der Waals surface area contributed by atoms with Gasteiger partial charge in [0.25, 0.3) is 15.9 Å². The second kappa shape index (κ2) is 8.49. The molecule has 6 heteroatoms. The van der Waals surface area contributed by atoms with Gasteiger partial charge in [-0.25, -0.2) is 8.42 Å². The molecule has 0 spiro atoms. The summed E-state index contributed by atoms with van der Waals surface area (Å²) in [6.07, 6.45) is 0.784. The van der Waals surface area contributed by atoms with Crippen molar-refractivity contribution in [1.29, 1.82) is 0 Å². The van der Waals surface area contributed by atoms with E-state index in [-0.39, 0.29) is 16.4 Å². The molecule has 0 saturated carbocycles. The molecule has 0 bridgehead atoms. The second-order valence-corrected chi connectivity index (χ2v) is 8.60. The van der Waals surface area contributed by atoms with Gasteiger partial charge >= 0.3 is 0 Å². The van der Waals surface area contributed by atoms with E-state index in [4.69, 9.17) is 0 Å². The lowest BCUT2D eigenvalue weighted by molar-refractivity contribution is 0.102. The van der Waals surface area contributed by atoms with E-state index in [1.165, 1.54) is 12.1 Å². The van der Waals surface area contributed by atoms with Crippen LogP contribution in [0.3, 0.4) is 0 Å². The molecule has 0 atom stereocenters. The maximum Gasteiger partial charge on any atom is 0.261 e. The fourth-order valence-electron chi connectivity index (χ4n) is 3.11. The third-order valence-electron chi connectivity index (χ3n) is 4.66. The normalized spacial score (nSPS) is 11.1. The summed E-state index contributed by atoms with van der Waals surface area (Å²) in [5, 5.41) is 2.93. The summed E-state index contributed by atoms with van der Waals surface area (Å²) >= 11 is 0. The van der Waals surface area contributed by atoms with Crippen LogP contribution in [0.2, 0.25) is 0 Å². The average Bonchev–Trinajstić information content (AvgIpc) is 2.69. The number of aryl methyl sites for hydroxylation is 3. The molecule has 0 aliphatic rings. The Labute approximate surface area is 171 Å². The van der Waals surface area contributed by atoms with E-state index in [0.29, 0.717) is 5.69 Å². The number of benzene rings is 3. The number of amides is 1. The number of sulfonamides is 1. The third-order valence-corrected chi connectivity index (χ3v) is 6.03. The maximum absolute atomic E-state index is 12.8. The van der Waals surface area contributed by atoms with Crippen molar-refractivity contribution >= 4 is 27.3 Å². The second-order valence-electron chi connectivity index (χ2n) is 6.92. The van der Waals surface area contributed by atoms with Gasteiger partial charge in [0.2, 0.25) is 0 Å². The Morgan fingerprint density at radius 1 is 0.931 bits per heavy atom. The fraction of sp³-hybridized carbons (Fsp3) is 0.174.